The van der Waals surface area contributed by atoms with Gasteiger partial charge in [-0.3, -0.25) is 0 Å². The minimum absolute atomic E-state index is 0.352. The van der Waals surface area contributed by atoms with Gasteiger partial charge in [0, 0.05) is 7.11 Å². The molecule has 7 nitrogen and oxygen atoms in total. The first-order valence-corrected chi connectivity index (χ1v) is 7.23. The van der Waals surface area contributed by atoms with E-state index in [2.05, 4.69) is 10.1 Å². The van der Waals surface area contributed by atoms with Crippen LogP contribution in [0, 0.1) is 0 Å². The number of benzene rings is 1. The van der Waals surface area contributed by atoms with Gasteiger partial charge in [0.15, 0.2) is 0 Å². The van der Waals surface area contributed by atoms with Crippen LogP contribution in [-0.2, 0) is 14.9 Å². The van der Waals surface area contributed by atoms with Crippen LogP contribution in [0.1, 0.15) is 5.89 Å². The van der Waals surface area contributed by atoms with Crippen molar-refractivity contribution < 1.29 is 23.2 Å². The molecule has 4 rings (SSSR count). The first-order chi connectivity index (χ1) is 11.3. The number of hydrogen-bond donors (Lipinski definition) is 0. The van der Waals surface area contributed by atoms with Gasteiger partial charge in [-0.15, -0.1) is 0 Å². The van der Waals surface area contributed by atoms with Gasteiger partial charge in [0.25, 0.3) is 0 Å². The lowest BCUT2D eigenvalue weighted by molar-refractivity contribution is -0.105. The van der Waals surface area contributed by atoms with E-state index in [-0.39, 0.29) is 5.41 Å². The third-order valence-corrected chi connectivity index (χ3v) is 4.09. The van der Waals surface area contributed by atoms with Crippen molar-refractivity contribution in [2.75, 3.05) is 34.0 Å². The summed E-state index contributed by atoms with van der Waals surface area (Å²) in [5.74, 6) is 1.74. The Morgan fingerprint density at radius 2 is 2.09 bits per heavy atom. The maximum absolute atomic E-state index is 5.58. The molecule has 0 radical (unpaired) electrons. The Morgan fingerprint density at radius 3 is 2.78 bits per heavy atom. The lowest BCUT2D eigenvalue weighted by Gasteiger charge is -2.37. The molecule has 3 aromatic rings. The zero-order chi connectivity index (χ0) is 15.9. The Kier molecular flexibility index (Phi) is 3.32. The molecule has 0 N–H and O–H groups in total. The molecule has 7 heteroatoms. The SMILES string of the molecule is COCC1(c2nc(-c3ccc(OC)c4ccoc34)no2)COC1. The summed E-state index contributed by atoms with van der Waals surface area (Å²) in [7, 11) is 3.27. The van der Waals surface area contributed by atoms with Crippen LogP contribution >= 0.6 is 0 Å². The summed E-state index contributed by atoms with van der Waals surface area (Å²) < 4.78 is 27.0. The van der Waals surface area contributed by atoms with Crippen molar-refractivity contribution in [1.29, 1.82) is 0 Å². The fourth-order valence-corrected chi connectivity index (χ4v) is 2.83. The molecule has 0 aliphatic carbocycles. The van der Waals surface area contributed by atoms with Crippen LogP contribution in [0.5, 0.6) is 5.75 Å². The molecule has 0 unspecified atom stereocenters. The molecule has 0 atom stereocenters. The van der Waals surface area contributed by atoms with Gasteiger partial charge < -0.3 is 23.2 Å². The van der Waals surface area contributed by atoms with E-state index in [4.69, 9.17) is 23.2 Å². The molecule has 0 bridgehead atoms. The van der Waals surface area contributed by atoms with Crippen LogP contribution < -0.4 is 4.74 Å². The van der Waals surface area contributed by atoms with Crippen molar-refractivity contribution in [1.82, 2.24) is 10.1 Å². The van der Waals surface area contributed by atoms with E-state index >= 15 is 0 Å². The molecule has 1 saturated heterocycles. The van der Waals surface area contributed by atoms with Crippen molar-refractivity contribution in [2.45, 2.75) is 5.41 Å². The van der Waals surface area contributed by atoms with Gasteiger partial charge in [-0.2, -0.15) is 4.98 Å². The third kappa shape index (κ3) is 2.12. The van der Waals surface area contributed by atoms with E-state index in [0.29, 0.717) is 37.1 Å². The van der Waals surface area contributed by atoms with Gasteiger partial charge in [-0.1, -0.05) is 5.16 Å². The number of nitrogens with zero attached hydrogens (tertiary/aromatic N) is 2. The number of ether oxygens (including phenoxy) is 3. The maximum Gasteiger partial charge on any atom is 0.240 e. The standard InChI is InChI=1S/C16H16N2O5/c1-19-7-16(8-21-9-16)15-17-14(18-23-15)11-3-4-12(20-2)10-5-6-22-13(10)11/h3-6H,7-9H2,1-2H3. The fraction of sp³-hybridized carbons (Fsp3) is 0.375. The summed E-state index contributed by atoms with van der Waals surface area (Å²) in [5, 5.41) is 4.97. The first kappa shape index (κ1) is 14.2. The van der Waals surface area contributed by atoms with Gasteiger partial charge in [0.2, 0.25) is 11.7 Å². The summed E-state index contributed by atoms with van der Waals surface area (Å²) in [5.41, 5.74) is 1.07. The van der Waals surface area contributed by atoms with Gasteiger partial charge in [0.05, 0.1) is 44.1 Å². The van der Waals surface area contributed by atoms with Gasteiger partial charge in [-0.05, 0) is 18.2 Å². The number of methoxy groups -OCH3 is 2. The van der Waals surface area contributed by atoms with Crippen LogP contribution in [0.3, 0.4) is 0 Å². The summed E-state index contributed by atoms with van der Waals surface area (Å²) >= 11 is 0. The smallest absolute Gasteiger partial charge is 0.240 e. The zero-order valence-corrected chi connectivity index (χ0v) is 12.9. The molecule has 1 aromatic carbocycles. The normalized spacial score (nSPS) is 16.4. The van der Waals surface area contributed by atoms with Crippen LogP contribution in [0.25, 0.3) is 22.4 Å². The lowest BCUT2D eigenvalue weighted by atomic mass is 9.87. The predicted molar refractivity (Wildman–Crippen MR) is 80.4 cm³/mol. The second kappa shape index (κ2) is 5.36. The topological polar surface area (TPSA) is 79.8 Å². The van der Waals surface area contributed by atoms with Crippen LogP contribution in [-0.4, -0.2) is 44.2 Å². The number of fused-ring (bicyclic) bond motifs is 1. The van der Waals surface area contributed by atoms with Crippen LogP contribution in [0.15, 0.2) is 33.4 Å². The largest absolute Gasteiger partial charge is 0.496 e. The minimum atomic E-state index is -0.352. The summed E-state index contributed by atoms with van der Waals surface area (Å²) in [6.45, 7) is 1.51. The van der Waals surface area contributed by atoms with E-state index in [1.165, 1.54) is 0 Å². The highest BCUT2D eigenvalue weighted by Gasteiger charge is 2.46. The molecular weight excluding hydrogens is 300 g/mol. The second-order valence-corrected chi connectivity index (χ2v) is 5.61. The molecule has 23 heavy (non-hydrogen) atoms. The molecular formula is C16H16N2O5. The quantitative estimate of drug-likeness (QED) is 0.715. The van der Waals surface area contributed by atoms with E-state index in [9.17, 15) is 0 Å². The van der Waals surface area contributed by atoms with Crippen molar-refractivity contribution in [2.24, 2.45) is 0 Å². The highest BCUT2D eigenvalue weighted by atomic mass is 16.5. The maximum atomic E-state index is 5.58. The highest BCUT2D eigenvalue weighted by molar-refractivity contribution is 5.94. The molecule has 2 aromatic heterocycles. The number of furan rings is 1. The first-order valence-electron chi connectivity index (χ1n) is 7.23. The molecule has 3 heterocycles. The van der Waals surface area contributed by atoms with E-state index in [0.717, 1.165) is 16.7 Å². The average molecular weight is 316 g/mol. The molecule has 1 aliphatic heterocycles. The van der Waals surface area contributed by atoms with Crippen molar-refractivity contribution in [3.63, 3.8) is 0 Å². The van der Waals surface area contributed by atoms with Crippen molar-refractivity contribution >= 4 is 11.0 Å². The predicted octanol–water partition coefficient (Wildman–Crippen LogP) is 2.41. The zero-order valence-electron chi connectivity index (χ0n) is 12.9. The fourth-order valence-electron chi connectivity index (χ4n) is 2.83. The Morgan fingerprint density at radius 1 is 1.22 bits per heavy atom. The Hall–Kier alpha value is -2.38. The third-order valence-electron chi connectivity index (χ3n) is 4.09. The Bertz CT molecular complexity index is 834. The number of hydrogen-bond acceptors (Lipinski definition) is 7. The molecule has 0 saturated carbocycles. The molecule has 120 valence electrons. The molecule has 0 spiro atoms. The Balaban J connectivity index is 1.76. The average Bonchev–Trinajstić information content (AvgIpc) is 3.19. The minimum Gasteiger partial charge on any atom is -0.496 e. The van der Waals surface area contributed by atoms with Crippen molar-refractivity contribution in [3.05, 3.63) is 30.4 Å². The molecule has 1 fully saturated rings. The second-order valence-electron chi connectivity index (χ2n) is 5.61. The number of aromatic nitrogens is 2. The summed E-state index contributed by atoms with van der Waals surface area (Å²) in [6, 6.07) is 5.57. The molecule has 1 aliphatic rings. The van der Waals surface area contributed by atoms with E-state index in [1.54, 1.807) is 20.5 Å². The lowest BCUT2D eigenvalue weighted by Crippen LogP contribution is -2.50. The Labute approximate surface area is 132 Å². The monoisotopic (exact) mass is 316 g/mol. The van der Waals surface area contributed by atoms with Gasteiger partial charge >= 0.3 is 0 Å². The highest BCUT2D eigenvalue weighted by Crippen LogP contribution is 2.36. The van der Waals surface area contributed by atoms with Gasteiger partial charge in [-0.25, -0.2) is 0 Å². The summed E-state index contributed by atoms with van der Waals surface area (Å²) in [4.78, 5) is 4.54. The van der Waals surface area contributed by atoms with Crippen LogP contribution in [0.2, 0.25) is 0 Å². The van der Waals surface area contributed by atoms with Crippen molar-refractivity contribution in [3.8, 4) is 17.1 Å². The number of rotatable bonds is 5. The van der Waals surface area contributed by atoms with Gasteiger partial charge in [0.1, 0.15) is 16.7 Å². The summed E-state index contributed by atoms with van der Waals surface area (Å²) in [6.07, 6.45) is 1.61. The van der Waals surface area contributed by atoms with E-state index in [1.807, 2.05) is 18.2 Å². The van der Waals surface area contributed by atoms with Crippen LogP contribution in [0.4, 0.5) is 0 Å². The molecule has 0 amide bonds. The van der Waals surface area contributed by atoms with E-state index < -0.39 is 0 Å².